The number of halogens is 1. The summed E-state index contributed by atoms with van der Waals surface area (Å²) in [5.74, 6) is -0.202. The summed E-state index contributed by atoms with van der Waals surface area (Å²) in [5, 5.41) is 13.3. The Morgan fingerprint density at radius 3 is 2.79 bits per heavy atom. The molecule has 150 valence electrons. The van der Waals surface area contributed by atoms with Gasteiger partial charge in [0.2, 0.25) is 0 Å². The second kappa shape index (κ2) is 7.39. The normalized spacial score (nSPS) is 20.8. The van der Waals surface area contributed by atoms with Crippen molar-refractivity contribution in [3.8, 4) is 0 Å². The van der Waals surface area contributed by atoms with E-state index in [9.17, 15) is 9.18 Å². The van der Waals surface area contributed by atoms with Crippen molar-refractivity contribution < 1.29 is 9.18 Å². The highest BCUT2D eigenvalue weighted by Gasteiger charge is 2.37. The number of fused-ring (bicyclic) bond motifs is 3. The topological polar surface area (TPSA) is 73.1 Å². The van der Waals surface area contributed by atoms with E-state index in [4.69, 9.17) is 0 Å². The van der Waals surface area contributed by atoms with E-state index in [2.05, 4.69) is 25.7 Å². The van der Waals surface area contributed by atoms with E-state index in [0.717, 1.165) is 42.1 Å². The Morgan fingerprint density at radius 2 is 2.00 bits per heavy atom. The summed E-state index contributed by atoms with van der Waals surface area (Å²) < 4.78 is 14.8. The lowest BCUT2D eigenvalue weighted by atomic mass is 10.0. The second-order valence-corrected chi connectivity index (χ2v) is 7.95. The van der Waals surface area contributed by atoms with Crippen LogP contribution in [0.4, 0.5) is 20.6 Å². The summed E-state index contributed by atoms with van der Waals surface area (Å²) >= 11 is 0. The van der Waals surface area contributed by atoms with Gasteiger partial charge in [-0.2, -0.15) is 5.10 Å². The number of carbonyl (C=O) groups is 1. The van der Waals surface area contributed by atoms with Gasteiger partial charge >= 0.3 is 6.03 Å². The monoisotopic (exact) mass is 393 g/mol. The minimum absolute atomic E-state index is 0.202. The molecule has 2 aromatic carbocycles. The molecule has 0 spiro atoms. The van der Waals surface area contributed by atoms with Gasteiger partial charge in [-0.15, -0.1) is 0 Å². The summed E-state index contributed by atoms with van der Waals surface area (Å²) in [6.07, 6.45) is 7.56. The average molecular weight is 393 g/mol. The predicted molar refractivity (Wildman–Crippen MR) is 111 cm³/mol. The molecule has 0 aliphatic carbocycles. The van der Waals surface area contributed by atoms with Crippen LogP contribution in [0.25, 0.3) is 10.9 Å². The summed E-state index contributed by atoms with van der Waals surface area (Å²) in [6, 6.07) is 11.5. The number of carbonyl (C=O) groups excluding carboxylic acids is 1. The number of hydrogen-bond acceptors (Lipinski definition) is 3. The maximum absolute atomic E-state index is 14.8. The summed E-state index contributed by atoms with van der Waals surface area (Å²) in [5.41, 5.74) is 2.98. The molecule has 7 heteroatoms. The zero-order chi connectivity index (χ0) is 19.8. The van der Waals surface area contributed by atoms with Crippen molar-refractivity contribution in [1.29, 1.82) is 0 Å². The number of nitrogens with one attached hydrogen (secondary N) is 3. The SMILES string of the molecule is O=C(NCc1ccc(N2C3CCCC2CC3)c(F)c1)Nc1cccc2[nH]ncc12. The number of nitrogens with zero attached hydrogens (tertiary/aromatic N) is 2. The lowest BCUT2D eigenvalue weighted by molar-refractivity contribution is 0.251. The van der Waals surface area contributed by atoms with Gasteiger partial charge in [-0.05, 0) is 61.9 Å². The lowest BCUT2D eigenvalue weighted by Crippen LogP contribution is -2.40. The lowest BCUT2D eigenvalue weighted by Gasteiger charge is -2.37. The molecule has 2 aliphatic rings. The fourth-order valence-electron chi connectivity index (χ4n) is 4.81. The Balaban J connectivity index is 1.24. The molecule has 2 amide bonds. The second-order valence-electron chi connectivity index (χ2n) is 7.95. The molecule has 5 rings (SSSR count). The molecule has 3 N–H and O–H groups in total. The van der Waals surface area contributed by atoms with E-state index in [1.807, 2.05) is 30.3 Å². The van der Waals surface area contributed by atoms with E-state index in [1.54, 1.807) is 12.3 Å². The Kier molecular flexibility index (Phi) is 4.58. The van der Waals surface area contributed by atoms with Gasteiger partial charge in [0.15, 0.2) is 0 Å². The molecule has 2 bridgehead atoms. The van der Waals surface area contributed by atoms with E-state index in [-0.39, 0.29) is 18.4 Å². The van der Waals surface area contributed by atoms with Crippen LogP contribution in [0, 0.1) is 5.82 Å². The van der Waals surface area contributed by atoms with Crippen LogP contribution >= 0.6 is 0 Å². The molecule has 2 unspecified atom stereocenters. The van der Waals surface area contributed by atoms with Crippen molar-refractivity contribution >= 4 is 28.3 Å². The number of urea groups is 1. The molecule has 3 heterocycles. The van der Waals surface area contributed by atoms with Crippen molar-refractivity contribution in [1.82, 2.24) is 15.5 Å². The molecule has 2 aliphatic heterocycles. The fourth-order valence-corrected chi connectivity index (χ4v) is 4.81. The molecular formula is C22H24FN5O. The van der Waals surface area contributed by atoms with Crippen molar-refractivity contribution in [2.75, 3.05) is 10.2 Å². The molecule has 1 aromatic heterocycles. The van der Waals surface area contributed by atoms with Gasteiger partial charge < -0.3 is 15.5 Å². The zero-order valence-corrected chi connectivity index (χ0v) is 16.1. The van der Waals surface area contributed by atoms with Crippen LogP contribution in [0.3, 0.4) is 0 Å². The zero-order valence-electron chi connectivity index (χ0n) is 16.1. The van der Waals surface area contributed by atoms with Crippen LogP contribution < -0.4 is 15.5 Å². The fraction of sp³-hybridized carbons (Fsp3) is 0.364. The molecule has 29 heavy (non-hydrogen) atoms. The van der Waals surface area contributed by atoms with Crippen molar-refractivity contribution in [2.24, 2.45) is 0 Å². The Morgan fingerprint density at radius 1 is 1.17 bits per heavy atom. The first kappa shape index (κ1) is 18.0. The third-order valence-corrected chi connectivity index (χ3v) is 6.17. The minimum Gasteiger partial charge on any atom is -0.363 e. The standard InChI is InChI=1S/C22H24FN5O/c23-18-11-14(7-10-21(18)28-15-3-1-4-16(28)9-8-15)12-24-22(29)26-19-5-2-6-20-17(19)13-25-27-20/h2,5-7,10-11,13,15-16H,1,3-4,8-9,12H2,(H,25,27)(H2,24,26,29). The number of rotatable bonds is 4. The number of piperidine rings is 1. The van der Waals surface area contributed by atoms with E-state index < -0.39 is 0 Å². The summed E-state index contributed by atoms with van der Waals surface area (Å²) in [4.78, 5) is 14.6. The highest BCUT2D eigenvalue weighted by atomic mass is 19.1. The van der Waals surface area contributed by atoms with Gasteiger partial charge in [-0.3, -0.25) is 5.10 Å². The third kappa shape index (κ3) is 3.41. The van der Waals surface area contributed by atoms with Gasteiger partial charge in [0.1, 0.15) is 5.82 Å². The first-order chi connectivity index (χ1) is 14.2. The van der Waals surface area contributed by atoms with Crippen molar-refractivity contribution in [2.45, 2.75) is 50.7 Å². The van der Waals surface area contributed by atoms with E-state index in [0.29, 0.717) is 23.5 Å². The first-order valence-electron chi connectivity index (χ1n) is 10.2. The van der Waals surface area contributed by atoms with Gasteiger partial charge in [-0.1, -0.05) is 12.1 Å². The number of H-pyrrole nitrogens is 1. The number of benzene rings is 2. The maximum atomic E-state index is 14.8. The van der Waals surface area contributed by atoms with Gasteiger partial charge in [0.25, 0.3) is 0 Å². The van der Waals surface area contributed by atoms with Gasteiger partial charge in [0, 0.05) is 24.0 Å². The molecule has 2 fully saturated rings. The van der Waals surface area contributed by atoms with Crippen LogP contribution in [0.2, 0.25) is 0 Å². The molecule has 0 radical (unpaired) electrons. The van der Waals surface area contributed by atoms with Gasteiger partial charge in [0.05, 0.1) is 23.1 Å². The van der Waals surface area contributed by atoms with Crippen LogP contribution in [-0.4, -0.2) is 28.3 Å². The maximum Gasteiger partial charge on any atom is 0.319 e. The molecule has 0 saturated carbocycles. The van der Waals surface area contributed by atoms with Crippen LogP contribution in [-0.2, 0) is 6.54 Å². The highest BCUT2D eigenvalue weighted by Crippen LogP contribution is 2.40. The van der Waals surface area contributed by atoms with Crippen LogP contribution in [0.1, 0.15) is 37.7 Å². The molecule has 2 saturated heterocycles. The third-order valence-electron chi connectivity index (χ3n) is 6.17. The largest absolute Gasteiger partial charge is 0.363 e. The van der Waals surface area contributed by atoms with Crippen LogP contribution in [0.5, 0.6) is 0 Å². The number of aromatic nitrogens is 2. The predicted octanol–water partition coefficient (Wildman–Crippen LogP) is 4.55. The minimum atomic E-state index is -0.336. The number of hydrogen-bond donors (Lipinski definition) is 3. The molecule has 6 nitrogen and oxygen atoms in total. The Labute approximate surface area is 168 Å². The van der Waals surface area contributed by atoms with Crippen molar-refractivity contribution in [3.63, 3.8) is 0 Å². The van der Waals surface area contributed by atoms with Crippen LogP contribution in [0.15, 0.2) is 42.6 Å². The summed E-state index contributed by atoms with van der Waals surface area (Å²) in [6.45, 7) is 0.261. The van der Waals surface area contributed by atoms with Crippen molar-refractivity contribution in [3.05, 3.63) is 54.0 Å². The molecule has 3 aromatic rings. The smallest absolute Gasteiger partial charge is 0.319 e. The van der Waals surface area contributed by atoms with E-state index in [1.165, 1.54) is 6.42 Å². The number of aromatic amines is 1. The average Bonchev–Trinajstić information content (AvgIpc) is 3.29. The quantitative estimate of drug-likeness (QED) is 0.609. The summed E-state index contributed by atoms with van der Waals surface area (Å²) in [7, 11) is 0. The number of amides is 2. The highest BCUT2D eigenvalue weighted by molar-refractivity contribution is 6.00. The molecular weight excluding hydrogens is 369 g/mol. The Hall–Kier alpha value is -3.09. The first-order valence-corrected chi connectivity index (χ1v) is 10.2. The van der Waals surface area contributed by atoms with Gasteiger partial charge in [-0.25, -0.2) is 9.18 Å². The molecule has 2 atom stereocenters. The number of anilines is 2. The Bertz CT molecular complexity index is 1030. The van der Waals surface area contributed by atoms with E-state index >= 15 is 0 Å².